The average Bonchev–Trinajstić information content (AvgIpc) is 3.66. The topological polar surface area (TPSA) is 124 Å². The number of rotatable bonds is 4. The van der Waals surface area contributed by atoms with E-state index in [0.29, 0.717) is 54.4 Å². The van der Waals surface area contributed by atoms with Crippen LogP contribution < -0.4 is 20.7 Å². The summed E-state index contributed by atoms with van der Waals surface area (Å²) in [6.07, 6.45) is 0.310. The van der Waals surface area contributed by atoms with Crippen LogP contribution in [0.5, 0.6) is 5.75 Å². The Morgan fingerprint density at radius 2 is 1.61 bits per heavy atom. The number of fused-ring (bicyclic) bond motifs is 4. The van der Waals surface area contributed by atoms with Crippen molar-refractivity contribution in [2.75, 3.05) is 55.7 Å². The van der Waals surface area contributed by atoms with Crippen molar-refractivity contribution >= 4 is 56.6 Å². The van der Waals surface area contributed by atoms with Gasteiger partial charge < -0.3 is 35.5 Å². The van der Waals surface area contributed by atoms with Gasteiger partial charge in [-0.1, -0.05) is 24.3 Å². The molecule has 0 bridgehead atoms. The van der Waals surface area contributed by atoms with E-state index in [1.807, 2.05) is 49.5 Å². The Bertz CT molecular complexity index is 1920. The standard InChI is InChI=1S/C34H32N6O4/c1-38-14-16-39(17-15-38)34(43)44-31-20-30-26(25-4-2-3-5-27(25)31)12-13-40(30)33(42)29-19-22-18-24(10-11-28(22)37-29)36-32(41)21-6-8-23(35)9-7-21/h2-11,18-20,37H,12-17,35H2,1H3,(H,36,41). The number of ether oxygens (including phenoxy) is 1. The lowest BCUT2D eigenvalue weighted by atomic mass is 10.0. The maximum atomic E-state index is 13.9. The molecule has 4 aromatic carbocycles. The predicted octanol–water partition coefficient (Wildman–Crippen LogP) is 5.10. The van der Waals surface area contributed by atoms with E-state index in [1.165, 1.54) is 0 Å². The Labute approximate surface area is 254 Å². The number of carbonyl (C=O) groups excluding carboxylic acids is 3. The van der Waals surface area contributed by atoms with Gasteiger partial charge in [0.05, 0.1) is 5.69 Å². The molecule has 0 aliphatic carbocycles. The summed E-state index contributed by atoms with van der Waals surface area (Å²) in [5, 5.41) is 5.52. The molecule has 3 amide bonds. The summed E-state index contributed by atoms with van der Waals surface area (Å²) >= 11 is 0. The van der Waals surface area contributed by atoms with Gasteiger partial charge in [0.2, 0.25) is 0 Å². The molecule has 10 heteroatoms. The van der Waals surface area contributed by atoms with Gasteiger partial charge in [-0.05, 0) is 72.9 Å². The normalized spacial score (nSPS) is 15.0. The first-order valence-corrected chi connectivity index (χ1v) is 14.7. The molecule has 222 valence electrons. The van der Waals surface area contributed by atoms with Gasteiger partial charge in [-0.25, -0.2) is 4.79 Å². The molecule has 2 aliphatic rings. The van der Waals surface area contributed by atoms with Crippen LogP contribution in [0.1, 0.15) is 26.4 Å². The fourth-order valence-corrected chi connectivity index (χ4v) is 5.99. The average molecular weight is 589 g/mol. The molecule has 7 rings (SSSR count). The highest BCUT2D eigenvalue weighted by Gasteiger charge is 2.30. The molecule has 1 aromatic heterocycles. The Morgan fingerprint density at radius 3 is 2.39 bits per heavy atom. The molecule has 5 aromatic rings. The van der Waals surface area contributed by atoms with Crippen LogP contribution >= 0.6 is 0 Å². The van der Waals surface area contributed by atoms with E-state index in [0.717, 1.165) is 46.0 Å². The number of piperazine rings is 1. The maximum Gasteiger partial charge on any atom is 0.415 e. The Balaban J connectivity index is 1.15. The molecule has 3 heterocycles. The highest BCUT2D eigenvalue weighted by molar-refractivity contribution is 6.11. The second-order valence-corrected chi connectivity index (χ2v) is 11.3. The van der Waals surface area contributed by atoms with Gasteiger partial charge in [-0.3, -0.25) is 9.59 Å². The third-order valence-electron chi connectivity index (χ3n) is 8.46. The lowest BCUT2D eigenvalue weighted by molar-refractivity contribution is 0.0984. The van der Waals surface area contributed by atoms with Crippen molar-refractivity contribution in [2.24, 2.45) is 0 Å². The smallest absolute Gasteiger partial charge is 0.409 e. The molecule has 4 N–H and O–H groups in total. The third kappa shape index (κ3) is 5.09. The molecule has 0 radical (unpaired) electrons. The lowest BCUT2D eigenvalue weighted by Gasteiger charge is -2.31. The predicted molar refractivity (Wildman–Crippen MR) is 172 cm³/mol. The fourth-order valence-electron chi connectivity index (χ4n) is 5.99. The first kappa shape index (κ1) is 27.5. The van der Waals surface area contributed by atoms with Crippen LogP contribution in [-0.2, 0) is 6.42 Å². The van der Waals surface area contributed by atoms with Crippen molar-refractivity contribution in [3.8, 4) is 5.75 Å². The number of aromatic amines is 1. The fraction of sp³-hybridized carbons (Fsp3) is 0.206. The van der Waals surface area contributed by atoms with Crippen molar-refractivity contribution in [2.45, 2.75) is 6.42 Å². The van der Waals surface area contributed by atoms with Crippen LogP contribution in [0.15, 0.2) is 78.9 Å². The van der Waals surface area contributed by atoms with Crippen molar-refractivity contribution < 1.29 is 19.1 Å². The number of hydrogen-bond acceptors (Lipinski definition) is 6. The van der Waals surface area contributed by atoms with Crippen molar-refractivity contribution in [1.82, 2.24) is 14.8 Å². The van der Waals surface area contributed by atoms with Crippen LogP contribution in [0.25, 0.3) is 21.7 Å². The number of H-pyrrole nitrogens is 1. The van der Waals surface area contributed by atoms with Gasteiger partial charge in [0.1, 0.15) is 11.4 Å². The minimum Gasteiger partial charge on any atom is -0.409 e. The summed E-state index contributed by atoms with van der Waals surface area (Å²) in [4.78, 5) is 48.6. The largest absolute Gasteiger partial charge is 0.415 e. The van der Waals surface area contributed by atoms with Gasteiger partial charge in [-0.2, -0.15) is 0 Å². The Hall–Kier alpha value is -5.35. The van der Waals surface area contributed by atoms with Crippen LogP contribution in [-0.4, -0.2) is 72.5 Å². The number of nitrogens with two attached hydrogens (primary N) is 1. The van der Waals surface area contributed by atoms with Gasteiger partial charge in [0.15, 0.2) is 0 Å². The summed E-state index contributed by atoms with van der Waals surface area (Å²) < 4.78 is 5.97. The van der Waals surface area contributed by atoms with E-state index >= 15 is 0 Å². The molecule has 1 saturated heterocycles. The molecule has 0 spiro atoms. The number of benzene rings is 4. The second-order valence-electron chi connectivity index (χ2n) is 11.3. The number of nitrogens with zero attached hydrogens (tertiary/aromatic N) is 3. The number of nitrogen functional groups attached to an aromatic ring is 1. The van der Waals surface area contributed by atoms with Crippen LogP contribution in [0.2, 0.25) is 0 Å². The third-order valence-corrected chi connectivity index (χ3v) is 8.46. The monoisotopic (exact) mass is 588 g/mol. The van der Waals surface area contributed by atoms with Crippen LogP contribution in [0.3, 0.4) is 0 Å². The summed E-state index contributed by atoms with van der Waals surface area (Å²) in [7, 11) is 2.04. The molecule has 44 heavy (non-hydrogen) atoms. The molecule has 0 unspecified atom stereocenters. The molecule has 0 saturated carbocycles. The highest BCUT2D eigenvalue weighted by atomic mass is 16.6. The number of carbonyl (C=O) groups is 3. The summed E-state index contributed by atoms with van der Waals surface area (Å²) in [6.45, 7) is 3.31. The second kappa shape index (κ2) is 11.1. The molecule has 2 aliphatic heterocycles. The number of nitrogens with one attached hydrogen (secondary N) is 2. The first-order chi connectivity index (χ1) is 21.3. The summed E-state index contributed by atoms with van der Waals surface area (Å²) in [5.41, 5.74) is 10.4. The Morgan fingerprint density at radius 1 is 0.864 bits per heavy atom. The van der Waals surface area contributed by atoms with Gasteiger partial charge in [-0.15, -0.1) is 0 Å². The molecule has 0 atom stereocenters. The number of aromatic nitrogens is 1. The molecular weight excluding hydrogens is 556 g/mol. The summed E-state index contributed by atoms with van der Waals surface area (Å²) in [5.74, 6) is 0.0151. The van der Waals surface area contributed by atoms with E-state index in [-0.39, 0.29) is 17.9 Å². The molecular formula is C34H32N6O4. The van der Waals surface area contributed by atoms with Gasteiger partial charge >= 0.3 is 6.09 Å². The lowest BCUT2D eigenvalue weighted by Crippen LogP contribution is -2.48. The van der Waals surface area contributed by atoms with E-state index in [4.69, 9.17) is 10.5 Å². The van der Waals surface area contributed by atoms with Gasteiger partial charge in [0, 0.05) is 72.0 Å². The van der Waals surface area contributed by atoms with Crippen molar-refractivity contribution in [3.05, 3.63) is 95.7 Å². The summed E-state index contributed by atoms with van der Waals surface area (Å²) in [6, 6.07) is 23.6. The van der Waals surface area contributed by atoms with E-state index in [9.17, 15) is 14.4 Å². The first-order valence-electron chi connectivity index (χ1n) is 14.7. The van der Waals surface area contributed by atoms with E-state index in [2.05, 4.69) is 15.2 Å². The number of amides is 3. The van der Waals surface area contributed by atoms with Crippen molar-refractivity contribution in [3.63, 3.8) is 0 Å². The van der Waals surface area contributed by atoms with E-state index < -0.39 is 0 Å². The number of hydrogen-bond donors (Lipinski definition) is 3. The maximum absolute atomic E-state index is 13.9. The zero-order chi connectivity index (χ0) is 30.4. The number of anilines is 3. The molecule has 1 fully saturated rings. The quantitative estimate of drug-likeness (QED) is 0.251. The molecule has 10 nitrogen and oxygen atoms in total. The zero-order valence-corrected chi connectivity index (χ0v) is 24.3. The minimum atomic E-state index is -0.381. The Kier molecular flexibility index (Phi) is 6.90. The minimum absolute atomic E-state index is 0.181. The SMILES string of the molecule is CN1CCN(C(=O)Oc2cc3c(c4ccccc24)CCN3C(=O)c2cc3cc(NC(=O)c4ccc(N)cc4)ccc3[nH]2)CC1. The van der Waals surface area contributed by atoms with Gasteiger partial charge in [0.25, 0.3) is 11.8 Å². The highest BCUT2D eigenvalue weighted by Crippen LogP contribution is 2.41. The van der Waals surface area contributed by atoms with E-state index in [1.54, 1.807) is 46.2 Å². The van der Waals surface area contributed by atoms with Crippen LogP contribution in [0.4, 0.5) is 21.9 Å². The zero-order valence-electron chi connectivity index (χ0n) is 24.3. The van der Waals surface area contributed by atoms with Crippen molar-refractivity contribution in [1.29, 1.82) is 0 Å². The van der Waals surface area contributed by atoms with Crippen LogP contribution in [0, 0.1) is 0 Å². The number of likely N-dealkylation sites (N-methyl/N-ethyl adjacent to an activating group) is 1.